The highest BCUT2D eigenvalue weighted by Gasteiger charge is 2.42. The van der Waals surface area contributed by atoms with Crippen molar-refractivity contribution in [3.8, 4) is 0 Å². The largest absolute Gasteiger partial charge is 0.302 e. The van der Waals surface area contributed by atoms with Crippen molar-refractivity contribution in [1.29, 1.82) is 0 Å². The normalized spacial score (nSPS) is 38.7. The van der Waals surface area contributed by atoms with Gasteiger partial charge in [-0.15, -0.1) is 0 Å². The Kier molecular flexibility index (Phi) is 3.05. The van der Waals surface area contributed by atoms with Gasteiger partial charge in [0, 0.05) is 6.04 Å². The van der Waals surface area contributed by atoms with E-state index in [2.05, 4.69) is 4.90 Å². The minimum absolute atomic E-state index is 0.169. The van der Waals surface area contributed by atoms with Gasteiger partial charge in [-0.3, -0.25) is 0 Å². The quantitative estimate of drug-likeness (QED) is 0.717. The summed E-state index contributed by atoms with van der Waals surface area (Å²) in [5.74, 6) is 0.542. The highest BCUT2D eigenvalue weighted by molar-refractivity contribution is 7.89. The summed E-state index contributed by atoms with van der Waals surface area (Å²) in [5, 5.41) is 4.99. The first kappa shape index (κ1) is 11.4. The molecular weight excluding hydrogens is 212 g/mol. The molecule has 0 bridgehead atoms. The maximum absolute atomic E-state index is 11.5. The van der Waals surface area contributed by atoms with Gasteiger partial charge in [0.2, 0.25) is 10.0 Å². The first-order valence-corrected chi connectivity index (χ1v) is 7.33. The second-order valence-electron chi connectivity index (χ2n) is 4.93. The number of fused-ring (bicyclic) bond motifs is 1. The van der Waals surface area contributed by atoms with Crippen LogP contribution in [0.3, 0.4) is 0 Å². The summed E-state index contributed by atoms with van der Waals surface area (Å²) in [6.07, 6.45) is 5.28. The Hall–Kier alpha value is -0.130. The van der Waals surface area contributed by atoms with Crippen molar-refractivity contribution in [1.82, 2.24) is 4.90 Å². The molecule has 5 heteroatoms. The van der Waals surface area contributed by atoms with Crippen molar-refractivity contribution in [2.45, 2.75) is 43.4 Å². The van der Waals surface area contributed by atoms with Gasteiger partial charge in [0.1, 0.15) is 0 Å². The van der Waals surface area contributed by atoms with Crippen LogP contribution < -0.4 is 5.14 Å². The predicted molar refractivity (Wildman–Crippen MR) is 59.9 cm³/mol. The molecule has 2 fully saturated rings. The molecule has 1 saturated heterocycles. The Morgan fingerprint density at radius 1 is 1.20 bits per heavy atom. The highest BCUT2D eigenvalue weighted by Crippen LogP contribution is 2.36. The summed E-state index contributed by atoms with van der Waals surface area (Å²) in [6.45, 7) is 1.01. The van der Waals surface area contributed by atoms with E-state index >= 15 is 0 Å². The van der Waals surface area contributed by atoms with Crippen molar-refractivity contribution >= 4 is 10.0 Å². The van der Waals surface area contributed by atoms with Gasteiger partial charge in [-0.25, -0.2) is 13.6 Å². The van der Waals surface area contributed by atoms with Gasteiger partial charge in [0.05, 0.1) is 5.25 Å². The number of sulfonamides is 1. The summed E-state index contributed by atoms with van der Waals surface area (Å²) >= 11 is 0. The Bertz CT molecular complexity index is 326. The SMILES string of the molecule is CN1CCCC2CCCC(S(N)(=O)=O)C21. The molecule has 4 nitrogen and oxygen atoms in total. The molecule has 2 N–H and O–H groups in total. The summed E-state index contributed by atoms with van der Waals surface area (Å²) in [6, 6.07) is 0.169. The molecule has 1 aliphatic heterocycles. The molecule has 0 aromatic carbocycles. The number of hydrogen-bond donors (Lipinski definition) is 1. The lowest BCUT2D eigenvalue weighted by molar-refractivity contribution is 0.0867. The second kappa shape index (κ2) is 4.03. The lowest BCUT2D eigenvalue weighted by Crippen LogP contribution is -2.55. The fourth-order valence-electron chi connectivity index (χ4n) is 3.30. The van der Waals surface area contributed by atoms with Crippen LogP contribution in [-0.4, -0.2) is 38.2 Å². The fourth-order valence-corrected chi connectivity index (χ4v) is 4.61. The molecule has 0 radical (unpaired) electrons. The van der Waals surface area contributed by atoms with Crippen molar-refractivity contribution in [3.05, 3.63) is 0 Å². The zero-order valence-corrected chi connectivity index (χ0v) is 10.0. The summed E-state index contributed by atoms with van der Waals surface area (Å²) in [7, 11) is -1.34. The summed E-state index contributed by atoms with van der Waals surface area (Å²) in [4.78, 5) is 2.20. The zero-order valence-electron chi connectivity index (χ0n) is 9.22. The van der Waals surface area contributed by atoms with E-state index < -0.39 is 10.0 Å². The van der Waals surface area contributed by atoms with Gasteiger partial charge >= 0.3 is 0 Å². The molecule has 1 heterocycles. The topological polar surface area (TPSA) is 63.4 Å². The Balaban J connectivity index is 2.24. The van der Waals surface area contributed by atoms with E-state index in [1.807, 2.05) is 7.05 Å². The van der Waals surface area contributed by atoms with Crippen molar-refractivity contribution in [3.63, 3.8) is 0 Å². The zero-order chi connectivity index (χ0) is 11.1. The molecule has 0 aromatic heterocycles. The number of hydrogen-bond acceptors (Lipinski definition) is 3. The maximum atomic E-state index is 11.5. The Morgan fingerprint density at radius 3 is 2.53 bits per heavy atom. The molecule has 1 saturated carbocycles. The third-order valence-electron chi connectivity index (χ3n) is 3.94. The van der Waals surface area contributed by atoms with Crippen LogP contribution in [0.4, 0.5) is 0 Å². The van der Waals surface area contributed by atoms with Gasteiger partial charge in [0.15, 0.2) is 0 Å². The molecule has 15 heavy (non-hydrogen) atoms. The van der Waals surface area contributed by atoms with Crippen LogP contribution >= 0.6 is 0 Å². The molecule has 0 spiro atoms. The van der Waals surface area contributed by atoms with E-state index in [1.54, 1.807) is 0 Å². The number of nitrogens with two attached hydrogens (primary N) is 1. The third-order valence-corrected chi connectivity index (χ3v) is 5.30. The number of nitrogens with zero attached hydrogens (tertiary/aromatic N) is 1. The van der Waals surface area contributed by atoms with Crippen LogP contribution in [0.15, 0.2) is 0 Å². The smallest absolute Gasteiger partial charge is 0.213 e. The number of primary sulfonamides is 1. The first-order valence-electron chi connectivity index (χ1n) is 5.72. The van der Waals surface area contributed by atoms with Crippen LogP contribution in [0.2, 0.25) is 0 Å². The molecule has 2 aliphatic rings. The minimum Gasteiger partial charge on any atom is -0.302 e. The lowest BCUT2D eigenvalue weighted by Gasteiger charge is -2.45. The summed E-state index contributed by atoms with van der Waals surface area (Å²) in [5.41, 5.74) is 0. The van der Waals surface area contributed by atoms with Gasteiger partial charge in [-0.1, -0.05) is 6.42 Å². The molecule has 88 valence electrons. The van der Waals surface area contributed by atoms with Gasteiger partial charge in [0.25, 0.3) is 0 Å². The van der Waals surface area contributed by atoms with Crippen LogP contribution in [0.5, 0.6) is 0 Å². The van der Waals surface area contributed by atoms with Gasteiger partial charge < -0.3 is 4.90 Å². The van der Waals surface area contributed by atoms with Crippen LogP contribution in [0.1, 0.15) is 32.1 Å². The summed E-state index contributed by atoms with van der Waals surface area (Å²) < 4.78 is 23.1. The van der Waals surface area contributed by atoms with Gasteiger partial charge in [-0.2, -0.15) is 0 Å². The highest BCUT2D eigenvalue weighted by atomic mass is 32.2. The lowest BCUT2D eigenvalue weighted by atomic mass is 9.78. The minimum atomic E-state index is -3.37. The van der Waals surface area contributed by atoms with Crippen LogP contribution in [0, 0.1) is 5.92 Å². The van der Waals surface area contributed by atoms with Gasteiger partial charge in [-0.05, 0) is 45.2 Å². The van der Waals surface area contributed by atoms with Crippen LogP contribution in [0.25, 0.3) is 0 Å². The number of rotatable bonds is 1. The van der Waals surface area contributed by atoms with E-state index in [-0.39, 0.29) is 11.3 Å². The average Bonchev–Trinajstić information content (AvgIpc) is 2.16. The van der Waals surface area contributed by atoms with Crippen molar-refractivity contribution in [2.75, 3.05) is 13.6 Å². The van der Waals surface area contributed by atoms with E-state index in [1.165, 1.54) is 19.3 Å². The molecule has 0 aromatic rings. The van der Waals surface area contributed by atoms with Crippen molar-refractivity contribution in [2.24, 2.45) is 11.1 Å². The molecule has 1 aliphatic carbocycles. The monoisotopic (exact) mass is 232 g/mol. The maximum Gasteiger partial charge on any atom is 0.213 e. The Morgan fingerprint density at radius 2 is 1.87 bits per heavy atom. The first-order chi connectivity index (χ1) is 7.00. The van der Waals surface area contributed by atoms with E-state index in [0.29, 0.717) is 5.92 Å². The van der Waals surface area contributed by atoms with Crippen molar-refractivity contribution < 1.29 is 8.42 Å². The molecule has 2 rings (SSSR count). The number of likely N-dealkylation sites (tertiary alicyclic amines) is 1. The predicted octanol–water partition coefficient (Wildman–Crippen LogP) is 0.538. The standard InChI is InChI=1S/C10H20N2O2S/c1-12-7-3-5-8-4-2-6-9(10(8)12)15(11,13)14/h8-10H,2-7H2,1H3,(H2,11,13,14). The Labute approximate surface area is 91.9 Å². The molecule has 0 amide bonds. The second-order valence-corrected chi connectivity index (χ2v) is 6.72. The molecule has 3 atom stereocenters. The number of piperidine rings is 1. The average molecular weight is 232 g/mol. The molecule has 3 unspecified atom stereocenters. The fraction of sp³-hybridized carbons (Fsp3) is 1.00. The van der Waals surface area contributed by atoms with E-state index in [9.17, 15) is 8.42 Å². The third kappa shape index (κ3) is 2.19. The van der Waals surface area contributed by atoms with E-state index in [4.69, 9.17) is 5.14 Å². The van der Waals surface area contributed by atoms with Crippen LogP contribution in [-0.2, 0) is 10.0 Å². The molecular formula is C10H20N2O2S. The van der Waals surface area contributed by atoms with E-state index in [0.717, 1.165) is 19.4 Å².